The van der Waals surface area contributed by atoms with E-state index in [9.17, 15) is 8.42 Å². The summed E-state index contributed by atoms with van der Waals surface area (Å²) in [7, 11) is -3.16. The van der Waals surface area contributed by atoms with Crippen molar-refractivity contribution in [3.05, 3.63) is 65.7 Å². The summed E-state index contributed by atoms with van der Waals surface area (Å²) < 4.78 is 22.9. The topological polar surface area (TPSA) is 70.6 Å². The Bertz CT molecular complexity index is 776. The molecule has 2 rings (SSSR count). The van der Waals surface area contributed by atoms with Crippen LogP contribution in [0.1, 0.15) is 18.1 Å². The van der Waals surface area contributed by atoms with Crippen molar-refractivity contribution >= 4 is 39.8 Å². The number of nitrogens with zero attached hydrogens (tertiary/aromatic N) is 1. The fraction of sp³-hybridized carbons (Fsp3) is 0.278. The number of halogens is 1. The zero-order chi connectivity index (χ0) is 17.4. The first-order chi connectivity index (χ1) is 11.5. The highest BCUT2D eigenvalue weighted by atomic mass is 127. The molecule has 7 heteroatoms. The van der Waals surface area contributed by atoms with Crippen LogP contribution in [0.25, 0.3) is 0 Å². The van der Waals surface area contributed by atoms with Gasteiger partial charge in [0.1, 0.15) is 0 Å². The average Bonchev–Trinajstić information content (AvgIpc) is 2.58. The lowest BCUT2D eigenvalue weighted by atomic mass is 10.2. The van der Waals surface area contributed by atoms with Crippen LogP contribution >= 0.6 is 24.0 Å². The largest absolute Gasteiger partial charge is 0.357 e. The average molecular weight is 473 g/mol. The minimum atomic E-state index is -3.16. The second-order valence-electron chi connectivity index (χ2n) is 5.45. The van der Waals surface area contributed by atoms with Gasteiger partial charge in [0.2, 0.25) is 0 Å². The lowest BCUT2D eigenvalue weighted by Gasteiger charge is -2.11. The Balaban J connectivity index is 0.00000312. The van der Waals surface area contributed by atoms with Crippen LogP contribution in [0, 0.1) is 0 Å². The van der Waals surface area contributed by atoms with Gasteiger partial charge in [0.25, 0.3) is 0 Å². The van der Waals surface area contributed by atoms with E-state index >= 15 is 0 Å². The monoisotopic (exact) mass is 473 g/mol. The van der Waals surface area contributed by atoms with E-state index in [1.54, 1.807) is 12.1 Å². The number of hydrogen-bond donors (Lipinski definition) is 2. The first-order valence-corrected chi connectivity index (χ1v) is 9.73. The maximum atomic E-state index is 11.5. The summed E-state index contributed by atoms with van der Waals surface area (Å²) in [6, 6.07) is 16.9. The van der Waals surface area contributed by atoms with E-state index in [1.165, 1.54) is 6.26 Å². The molecule has 0 radical (unpaired) electrons. The Morgan fingerprint density at radius 1 is 0.960 bits per heavy atom. The molecule has 0 unspecified atom stereocenters. The summed E-state index contributed by atoms with van der Waals surface area (Å²) in [5.74, 6) is 0.730. The lowest BCUT2D eigenvalue weighted by molar-refractivity contribution is 0.602. The number of hydrogen-bond acceptors (Lipinski definition) is 3. The molecule has 0 aliphatic carbocycles. The van der Waals surface area contributed by atoms with E-state index in [-0.39, 0.29) is 24.0 Å². The molecule has 0 saturated carbocycles. The van der Waals surface area contributed by atoms with Crippen LogP contribution in [0.15, 0.2) is 64.5 Å². The summed E-state index contributed by atoms with van der Waals surface area (Å²) in [5, 5.41) is 6.46. The smallest absolute Gasteiger partial charge is 0.191 e. The molecule has 2 aromatic rings. The van der Waals surface area contributed by atoms with E-state index < -0.39 is 9.84 Å². The van der Waals surface area contributed by atoms with Crippen LogP contribution in [0.3, 0.4) is 0 Å². The molecule has 2 N–H and O–H groups in total. The van der Waals surface area contributed by atoms with Gasteiger partial charge in [0, 0.05) is 19.3 Å². The lowest BCUT2D eigenvalue weighted by Crippen LogP contribution is -2.36. The zero-order valence-corrected chi connectivity index (χ0v) is 17.5. The highest BCUT2D eigenvalue weighted by molar-refractivity contribution is 14.0. The van der Waals surface area contributed by atoms with Gasteiger partial charge >= 0.3 is 0 Å². The Labute approximate surface area is 166 Å². The normalized spacial score (nSPS) is 11.5. The summed E-state index contributed by atoms with van der Waals surface area (Å²) in [6.07, 6.45) is 1.21. The Kier molecular flexibility index (Phi) is 8.91. The molecule has 0 atom stereocenters. The van der Waals surface area contributed by atoms with Gasteiger partial charge in [-0.15, -0.1) is 24.0 Å². The highest BCUT2D eigenvalue weighted by Crippen LogP contribution is 2.10. The van der Waals surface area contributed by atoms with Crippen molar-refractivity contribution in [1.82, 2.24) is 10.6 Å². The number of nitrogens with one attached hydrogen (secondary N) is 2. The molecule has 0 aliphatic rings. The summed E-state index contributed by atoms with van der Waals surface area (Å²) in [4.78, 5) is 4.88. The van der Waals surface area contributed by atoms with Crippen molar-refractivity contribution in [2.24, 2.45) is 4.99 Å². The van der Waals surface area contributed by atoms with Crippen molar-refractivity contribution < 1.29 is 8.42 Å². The number of aliphatic imine (C=N–C) groups is 1. The van der Waals surface area contributed by atoms with Crippen LogP contribution in [0.5, 0.6) is 0 Å². The fourth-order valence-electron chi connectivity index (χ4n) is 2.14. The molecule has 0 spiro atoms. The third-order valence-corrected chi connectivity index (χ3v) is 4.55. The Hall–Kier alpha value is -1.61. The van der Waals surface area contributed by atoms with Crippen LogP contribution in [0.2, 0.25) is 0 Å². The summed E-state index contributed by atoms with van der Waals surface area (Å²) >= 11 is 0. The Morgan fingerprint density at radius 2 is 1.60 bits per heavy atom. The predicted octanol–water partition coefficient (Wildman–Crippen LogP) is 2.96. The van der Waals surface area contributed by atoms with E-state index in [4.69, 9.17) is 0 Å². The third kappa shape index (κ3) is 7.43. The summed E-state index contributed by atoms with van der Waals surface area (Å²) in [6.45, 7) is 3.96. The van der Waals surface area contributed by atoms with Gasteiger partial charge in [0.05, 0.1) is 11.4 Å². The van der Waals surface area contributed by atoms with Gasteiger partial charge < -0.3 is 10.6 Å². The van der Waals surface area contributed by atoms with Crippen LogP contribution in [-0.4, -0.2) is 27.2 Å². The number of sulfone groups is 1. The van der Waals surface area contributed by atoms with Crippen LogP contribution in [0.4, 0.5) is 0 Å². The predicted molar refractivity (Wildman–Crippen MR) is 113 cm³/mol. The molecule has 0 saturated heterocycles. The van der Waals surface area contributed by atoms with Gasteiger partial charge in [0.15, 0.2) is 15.8 Å². The Morgan fingerprint density at radius 3 is 2.16 bits per heavy atom. The fourth-order valence-corrected chi connectivity index (χ4v) is 2.77. The van der Waals surface area contributed by atoms with Crippen molar-refractivity contribution in [3.63, 3.8) is 0 Å². The minimum Gasteiger partial charge on any atom is -0.357 e. The van der Waals surface area contributed by atoms with Gasteiger partial charge in [-0.25, -0.2) is 13.4 Å². The van der Waals surface area contributed by atoms with Crippen molar-refractivity contribution in [2.45, 2.75) is 24.9 Å². The molecule has 2 aromatic carbocycles. The molecule has 5 nitrogen and oxygen atoms in total. The first-order valence-electron chi connectivity index (χ1n) is 7.84. The molecule has 0 aliphatic heterocycles. The maximum absolute atomic E-state index is 11.5. The van der Waals surface area contributed by atoms with Crippen LogP contribution in [-0.2, 0) is 22.9 Å². The molecule has 0 fully saturated rings. The molecule has 0 bridgehead atoms. The minimum absolute atomic E-state index is 0. The maximum Gasteiger partial charge on any atom is 0.191 e. The van der Waals surface area contributed by atoms with E-state index in [0.29, 0.717) is 18.0 Å². The van der Waals surface area contributed by atoms with Crippen molar-refractivity contribution in [1.29, 1.82) is 0 Å². The zero-order valence-electron chi connectivity index (χ0n) is 14.4. The first kappa shape index (κ1) is 21.4. The van der Waals surface area contributed by atoms with Crippen molar-refractivity contribution in [2.75, 3.05) is 12.8 Å². The number of guanidine groups is 1. The molecular formula is C18H24IN3O2S. The molecule has 0 amide bonds. The van der Waals surface area contributed by atoms with Crippen LogP contribution < -0.4 is 10.6 Å². The number of benzene rings is 2. The summed E-state index contributed by atoms with van der Waals surface area (Å²) in [5.41, 5.74) is 2.14. The molecule has 136 valence electrons. The highest BCUT2D eigenvalue weighted by Gasteiger charge is 2.06. The van der Waals surface area contributed by atoms with Gasteiger partial charge in [-0.1, -0.05) is 42.5 Å². The molecular weight excluding hydrogens is 449 g/mol. The molecule has 0 heterocycles. The second kappa shape index (κ2) is 10.4. The van der Waals surface area contributed by atoms with Gasteiger partial charge in [-0.3, -0.25) is 0 Å². The molecule has 0 aromatic heterocycles. The van der Waals surface area contributed by atoms with E-state index in [2.05, 4.69) is 15.6 Å². The van der Waals surface area contributed by atoms with E-state index in [0.717, 1.165) is 23.6 Å². The quantitative estimate of drug-likeness (QED) is 0.385. The number of rotatable bonds is 6. The SMILES string of the molecule is CCNC(=NCc1ccccc1)NCc1ccc(S(C)(=O)=O)cc1.I. The third-order valence-electron chi connectivity index (χ3n) is 3.42. The van der Waals surface area contributed by atoms with E-state index in [1.807, 2.05) is 49.4 Å². The van der Waals surface area contributed by atoms with Crippen molar-refractivity contribution in [3.8, 4) is 0 Å². The standard InChI is InChI=1S/C18H23N3O2S.HI/c1-3-19-18(20-13-15-7-5-4-6-8-15)21-14-16-9-11-17(12-10-16)24(2,22)23;/h4-12H,3,13-14H2,1-2H3,(H2,19,20,21);1H. The van der Waals surface area contributed by atoms with Gasteiger partial charge in [-0.05, 0) is 30.2 Å². The van der Waals surface area contributed by atoms with Gasteiger partial charge in [-0.2, -0.15) is 0 Å². The molecule has 25 heavy (non-hydrogen) atoms. The second-order valence-corrected chi connectivity index (χ2v) is 7.47.